The van der Waals surface area contributed by atoms with Crippen LogP contribution in [0.15, 0.2) is 79.3 Å². The monoisotopic (exact) mass is 863 g/mol. The van der Waals surface area contributed by atoms with Crippen LogP contribution >= 0.6 is 0 Å². The number of aliphatic hydroxyl groups excluding tert-OH is 1. The summed E-state index contributed by atoms with van der Waals surface area (Å²) >= 11 is 0. The van der Waals surface area contributed by atoms with Gasteiger partial charge < -0.3 is 40.9 Å². The SMILES string of the molecule is CCCCCc1cc(CCc2c(O)c(O)c3c(O)cccc3c2C=Cc2ccc(O)c(O)c2)ccc1CNC1CCC2CCCC23CCC24CCCC2C=CC(O)C4C13c1cnc[nH]1. The molecule has 4 saturated carbocycles. The lowest BCUT2D eigenvalue weighted by Gasteiger charge is -2.70. The van der Waals surface area contributed by atoms with Crippen molar-refractivity contribution >= 4 is 22.9 Å². The van der Waals surface area contributed by atoms with Gasteiger partial charge in [0.05, 0.1) is 17.8 Å². The van der Waals surface area contributed by atoms with Gasteiger partial charge in [-0.3, -0.25) is 0 Å². The normalized spacial score (nSPS) is 29.5. The molecule has 0 radical (unpaired) electrons. The van der Waals surface area contributed by atoms with Gasteiger partial charge >= 0.3 is 0 Å². The van der Waals surface area contributed by atoms with E-state index < -0.39 is 6.10 Å². The Hall–Kier alpha value is -5.25. The molecule has 4 aromatic carbocycles. The number of hydrogen-bond donors (Lipinski definition) is 8. The molecule has 8 unspecified atom stereocenters. The van der Waals surface area contributed by atoms with Crippen LogP contribution in [0.25, 0.3) is 22.9 Å². The minimum Gasteiger partial charge on any atom is -0.507 e. The van der Waals surface area contributed by atoms with Gasteiger partial charge in [-0.2, -0.15) is 0 Å². The minimum atomic E-state index is -0.491. The first-order valence-corrected chi connectivity index (χ1v) is 24.2. The summed E-state index contributed by atoms with van der Waals surface area (Å²) in [6.07, 6.45) is 29.2. The summed E-state index contributed by atoms with van der Waals surface area (Å²) < 4.78 is 0. The highest BCUT2D eigenvalue weighted by Crippen LogP contribution is 2.76. The highest BCUT2D eigenvalue weighted by atomic mass is 16.3. The number of rotatable bonds is 13. The van der Waals surface area contributed by atoms with Crippen LogP contribution in [0.1, 0.15) is 129 Å². The maximum atomic E-state index is 12.4. The molecule has 5 aromatic rings. The molecular formula is C55H65N3O6. The van der Waals surface area contributed by atoms with Crippen LogP contribution in [0.3, 0.4) is 0 Å². The lowest BCUT2D eigenvalue weighted by Crippen LogP contribution is -2.73. The van der Waals surface area contributed by atoms with E-state index in [2.05, 4.69) is 53.8 Å². The summed E-state index contributed by atoms with van der Waals surface area (Å²) in [5.74, 6) is 0.100. The van der Waals surface area contributed by atoms with Gasteiger partial charge in [-0.15, -0.1) is 0 Å². The summed E-state index contributed by atoms with van der Waals surface area (Å²) in [6, 6.07) is 16.6. The van der Waals surface area contributed by atoms with E-state index in [4.69, 9.17) is 4.98 Å². The predicted octanol–water partition coefficient (Wildman–Crippen LogP) is 10.9. The van der Waals surface area contributed by atoms with Crippen molar-refractivity contribution in [3.05, 3.63) is 118 Å². The molecule has 0 amide bonds. The average molecular weight is 864 g/mol. The molecule has 8 atom stereocenters. The summed E-state index contributed by atoms with van der Waals surface area (Å²) in [5.41, 5.74) is 6.80. The molecule has 0 aliphatic heterocycles. The summed E-state index contributed by atoms with van der Waals surface area (Å²) in [6.45, 7) is 2.98. The molecule has 0 bridgehead atoms. The number of nitrogens with zero attached hydrogens (tertiary/aromatic N) is 1. The van der Waals surface area contributed by atoms with Gasteiger partial charge in [0.2, 0.25) is 0 Å². The Morgan fingerprint density at radius 1 is 0.781 bits per heavy atom. The van der Waals surface area contributed by atoms with E-state index in [0.29, 0.717) is 46.8 Å². The van der Waals surface area contributed by atoms with E-state index in [1.54, 1.807) is 18.2 Å². The molecule has 10 rings (SSSR count). The van der Waals surface area contributed by atoms with E-state index in [9.17, 15) is 30.6 Å². The number of aliphatic hydroxyl groups is 1. The minimum absolute atomic E-state index is 0.0999. The first-order chi connectivity index (χ1) is 31.1. The number of phenols is 5. The second kappa shape index (κ2) is 17.0. The van der Waals surface area contributed by atoms with E-state index in [0.717, 1.165) is 44.2 Å². The molecule has 1 heterocycles. The number of nitrogens with one attached hydrogen (secondary N) is 2. The van der Waals surface area contributed by atoms with Gasteiger partial charge in [-0.05, 0) is 151 Å². The highest BCUT2D eigenvalue weighted by molar-refractivity contribution is 6.03. The molecule has 336 valence electrons. The van der Waals surface area contributed by atoms with Crippen LogP contribution in [0.4, 0.5) is 0 Å². The Bertz CT molecular complexity index is 2580. The fraction of sp³-hybridized carbons (Fsp3) is 0.473. The quantitative estimate of drug-likeness (QED) is 0.0251. The number of aromatic nitrogens is 2. The number of aryl methyl sites for hydroxylation is 2. The number of imidazole rings is 1. The van der Waals surface area contributed by atoms with Crippen LogP contribution in [-0.2, 0) is 31.2 Å². The average Bonchev–Trinajstić information content (AvgIpc) is 4.08. The number of aromatic amines is 1. The molecular weight excluding hydrogens is 799 g/mol. The molecule has 0 saturated heterocycles. The Morgan fingerprint density at radius 3 is 2.48 bits per heavy atom. The van der Waals surface area contributed by atoms with Crippen LogP contribution in [0, 0.1) is 28.6 Å². The molecule has 9 heteroatoms. The fourth-order valence-electron chi connectivity index (χ4n) is 14.8. The second-order valence-corrected chi connectivity index (χ2v) is 20.1. The Labute approximate surface area is 377 Å². The molecule has 9 nitrogen and oxygen atoms in total. The van der Waals surface area contributed by atoms with E-state index in [1.165, 1.54) is 92.8 Å². The largest absolute Gasteiger partial charge is 0.507 e. The van der Waals surface area contributed by atoms with Gasteiger partial charge in [0.25, 0.3) is 0 Å². The highest BCUT2D eigenvalue weighted by Gasteiger charge is 2.74. The van der Waals surface area contributed by atoms with Gasteiger partial charge in [0.15, 0.2) is 23.0 Å². The van der Waals surface area contributed by atoms with Crippen molar-refractivity contribution in [3.8, 4) is 28.7 Å². The van der Waals surface area contributed by atoms with Crippen molar-refractivity contribution in [1.29, 1.82) is 0 Å². The van der Waals surface area contributed by atoms with E-state index in [1.807, 2.05) is 18.5 Å². The van der Waals surface area contributed by atoms with Gasteiger partial charge in [-0.1, -0.05) is 93.3 Å². The van der Waals surface area contributed by atoms with Crippen molar-refractivity contribution in [1.82, 2.24) is 15.3 Å². The number of fused-ring (bicyclic) bond motifs is 2. The summed E-state index contributed by atoms with van der Waals surface area (Å²) in [5, 5.41) is 71.1. The molecule has 5 aliphatic carbocycles. The molecule has 4 fully saturated rings. The van der Waals surface area contributed by atoms with Crippen LogP contribution in [0.5, 0.6) is 28.7 Å². The van der Waals surface area contributed by atoms with Crippen LogP contribution < -0.4 is 5.32 Å². The fourth-order valence-corrected chi connectivity index (χ4v) is 14.8. The van der Waals surface area contributed by atoms with E-state index >= 15 is 0 Å². The van der Waals surface area contributed by atoms with Crippen molar-refractivity contribution in [3.63, 3.8) is 0 Å². The maximum absolute atomic E-state index is 12.4. The Kier molecular flexibility index (Phi) is 11.3. The summed E-state index contributed by atoms with van der Waals surface area (Å²) in [7, 11) is 0. The van der Waals surface area contributed by atoms with Gasteiger partial charge in [0.1, 0.15) is 5.75 Å². The van der Waals surface area contributed by atoms with E-state index in [-0.39, 0.29) is 62.3 Å². The topological polar surface area (TPSA) is 162 Å². The predicted molar refractivity (Wildman–Crippen MR) is 252 cm³/mol. The van der Waals surface area contributed by atoms with Crippen molar-refractivity contribution < 1.29 is 30.6 Å². The third-order valence-electron chi connectivity index (χ3n) is 17.4. The molecule has 5 aliphatic rings. The molecule has 2 spiro atoms. The Balaban J connectivity index is 0.982. The van der Waals surface area contributed by atoms with Crippen LogP contribution in [-0.4, -0.2) is 52.8 Å². The summed E-state index contributed by atoms with van der Waals surface area (Å²) in [4.78, 5) is 8.45. The first kappa shape index (κ1) is 42.7. The number of H-pyrrole nitrogens is 1. The van der Waals surface area contributed by atoms with Crippen molar-refractivity contribution in [2.45, 2.75) is 134 Å². The van der Waals surface area contributed by atoms with Gasteiger partial charge in [0, 0.05) is 41.4 Å². The maximum Gasteiger partial charge on any atom is 0.169 e. The number of allylic oxidation sites excluding steroid dienone is 1. The third-order valence-corrected chi connectivity index (χ3v) is 17.4. The molecule has 1 aromatic heterocycles. The second-order valence-electron chi connectivity index (χ2n) is 20.1. The lowest BCUT2D eigenvalue weighted by molar-refractivity contribution is -0.181. The number of unbranched alkanes of at least 4 members (excludes halogenated alkanes) is 2. The number of hydrogen-bond acceptors (Lipinski definition) is 8. The third kappa shape index (κ3) is 6.74. The lowest BCUT2D eigenvalue weighted by atomic mass is 9.34. The first-order valence-electron chi connectivity index (χ1n) is 24.2. The Morgan fingerprint density at radius 2 is 1.66 bits per heavy atom. The molecule has 64 heavy (non-hydrogen) atoms. The van der Waals surface area contributed by atoms with Crippen LogP contribution in [0.2, 0.25) is 0 Å². The zero-order chi connectivity index (χ0) is 44.2. The number of phenolic OH excluding ortho intramolecular Hbond substituents is 5. The van der Waals surface area contributed by atoms with Crippen molar-refractivity contribution in [2.75, 3.05) is 0 Å². The van der Waals surface area contributed by atoms with Gasteiger partial charge in [-0.25, -0.2) is 4.98 Å². The van der Waals surface area contributed by atoms with Crippen molar-refractivity contribution in [2.24, 2.45) is 28.6 Å². The zero-order valence-electron chi connectivity index (χ0n) is 37.2. The standard InChI is InChI=1S/C55H65N3O6/c1-2-3-4-8-36-29-34(15-21-42-40(20-14-35-16-22-43(59)46(62)30-35)41-11-5-12-44(60)49(41)51(64)50(42)63)13-17-37(36)31-57-47-24-19-39-10-7-26-54(39)28-27-53-25-6-9-38(53)18-23-45(61)52(53)55(47,54)48-32-56-33-58-48/h5,11-14,16-18,20,22-23,29-30,32-33,38-39,45,47,52,57,59-64H,2-4,6-10,15,19,21,24-28,31H2,1H3,(H,56,58). The smallest absolute Gasteiger partial charge is 0.169 e. The zero-order valence-corrected chi connectivity index (χ0v) is 37.2. The molecule has 8 N–H and O–H groups in total. The number of benzene rings is 4. The number of aromatic hydroxyl groups is 5.